The van der Waals surface area contributed by atoms with Crippen LogP contribution in [0, 0.1) is 0 Å². The summed E-state index contributed by atoms with van der Waals surface area (Å²) in [5.74, 6) is -0.300. The van der Waals surface area contributed by atoms with Crippen molar-refractivity contribution in [1.29, 1.82) is 0 Å². The van der Waals surface area contributed by atoms with Crippen molar-refractivity contribution in [2.45, 2.75) is 18.9 Å². The van der Waals surface area contributed by atoms with Crippen LogP contribution in [0.15, 0.2) is 10.5 Å². The molecule has 1 aliphatic rings. The molecule has 2 N–H and O–H groups in total. The first-order valence-corrected chi connectivity index (χ1v) is 5.65. The van der Waals surface area contributed by atoms with Gasteiger partial charge < -0.3 is 15.2 Å². The molecule has 16 heavy (non-hydrogen) atoms. The standard InChI is InChI=1S/C10H11BrN2O3/c1-16-9-6(10(14)15)4-7(11)8(13-9)12-5-2-3-5/h4-5H,2-3H2,1H3,(H,12,13)(H,14,15). The van der Waals surface area contributed by atoms with Crippen molar-refractivity contribution in [2.75, 3.05) is 12.4 Å². The number of halogens is 1. The van der Waals surface area contributed by atoms with E-state index in [1.807, 2.05) is 0 Å². The predicted octanol–water partition coefficient (Wildman–Crippen LogP) is 2.13. The van der Waals surface area contributed by atoms with Crippen LogP contribution in [0.2, 0.25) is 0 Å². The molecular formula is C10H11BrN2O3. The second-order valence-electron chi connectivity index (χ2n) is 3.60. The molecule has 1 fully saturated rings. The Balaban J connectivity index is 2.36. The second-order valence-corrected chi connectivity index (χ2v) is 4.45. The van der Waals surface area contributed by atoms with Crippen molar-refractivity contribution in [2.24, 2.45) is 0 Å². The Morgan fingerprint density at radius 1 is 1.69 bits per heavy atom. The molecule has 1 aromatic rings. The highest BCUT2D eigenvalue weighted by Crippen LogP contribution is 2.31. The van der Waals surface area contributed by atoms with Gasteiger partial charge in [0.05, 0.1) is 11.6 Å². The van der Waals surface area contributed by atoms with E-state index in [4.69, 9.17) is 9.84 Å². The first kappa shape index (κ1) is 11.2. The van der Waals surface area contributed by atoms with Gasteiger partial charge in [0.15, 0.2) is 0 Å². The number of carboxylic acids is 1. The fourth-order valence-electron chi connectivity index (χ4n) is 1.30. The largest absolute Gasteiger partial charge is 0.480 e. The third-order valence-electron chi connectivity index (χ3n) is 2.28. The van der Waals surface area contributed by atoms with Crippen molar-refractivity contribution in [1.82, 2.24) is 4.98 Å². The van der Waals surface area contributed by atoms with Gasteiger partial charge in [-0.05, 0) is 34.8 Å². The number of carboxylic acid groups (broad SMARTS) is 1. The molecule has 1 aliphatic carbocycles. The minimum atomic E-state index is -1.05. The summed E-state index contributed by atoms with van der Waals surface area (Å²) in [5, 5.41) is 12.1. The average Bonchev–Trinajstić information content (AvgIpc) is 3.04. The zero-order chi connectivity index (χ0) is 11.7. The summed E-state index contributed by atoms with van der Waals surface area (Å²) in [6.45, 7) is 0. The summed E-state index contributed by atoms with van der Waals surface area (Å²) in [6.07, 6.45) is 2.24. The average molecular weight is 287 g/mol. The molecular weight excluding hydrogens is 276 g/mol. The molecule has 0 atom stereocenters. The van der Waals surface area contributed by atoms with E-state index in [-0.39, 0.29) is 11.4 Å². The number of carbonyl (C=O) groups is 1. The van der Waals surface area contributed by atoms with Crippen LogP contribution in [0.3, 0.4) is 0 Å². The maximum absolute atomic E-state index is 10.9. The van der Waals surface area contributed by atoms with Crippen LogP contribution in [0.25, 0.3) is 0 Å². The topological polar surface area (TPSA) is 71.5 Å². The van der Waals surface area contributed by atoms with Gasteiger partial charge in [-0.3, -0.25) is 0 Å². The SMILES string of the molecule is COc1nc(NC2CC2)c(Br)cc1C(=O)O. The lowest BCUT2D eigenvalue weighted by molar-refractivity contribution is 0.0692. The van der Waals surface area contributed by atoms with Crippen LogP contribution in [0.1, 0.15) is 23.2 Å². The highest BCUT2D eigenvalue weighted by molar-refractivity contribution is 9.10. The van der Waals surface area contributed by atoms with Gasteiger partial charge >= 0.3 is 5.97 Å². The second kappa shape index (κ2) is 4.29. The third kappa shape index (κ3) is 2.27. The van der Waals surface area contributed by atoms with Gasteiger partial charge in [0.25, 0.3) is 0 Å². The summed E-state index contributed by atoms with van der Waals surface area (Å²) in [4.78, 5) is 15.0. The number of rotatable bonds is 4. The molecule has 0 unspecified atom stereocenters. The van der Waals surface area contributed by atoms with Gasteiger partial charge in [-0.1, -0.05) is 0 Å². The first-order chi connectivity index (χ1) is 7.61. The molecule has 0 amide bonds. The number of hydrogen-bond donors (Lipinski definition) is 2. The third-order valence-corrected chi connectivity index (χ3v) is 2.89. The Kier molecular flexibility index (Phi) is 3.00. The van der Waals surface area contributed by atoms with Crippen molar-refractivity contribution in [3.63, 3.8) is 0 Å². The number of nitrogens with zero attached hydrogens (tertiary/aromatic N) is 1. The van der Waals surface area contributed by atoms with Crippen LogP contribution in [-0.4, -0.2) is 29.2 Å². The highest BCUT2D eigenvalue weighted by atomic mass is 79.9. The molecule has 86 valence electrons. The van der Waals surface area contributed by atoms with Gasteiger partial charge in [-0.25, -0.2) is 4.79 Å². The van der Waals surface area contributed by atoms with E-state index in [0.717, 1.165) is 12.8 Å². The van der Waals surface area contributed by atoms with Gasteiger partial charge in [-0.15, -0.1) is 0 Å². The van der Waals surface area contributed by atoms with E-state index in [9.17, 15) is 4.79 Å². The Morgan fingerprint density at radius 2 is 2.38 bits per heavy atom. The van der Waals surface area contributed by atoms with Crippen LogP contribution < -0.4 is 10.1 Å². The van der Waals surface area contributed by atoms with Crippen molar-refractivity contribution >= 4 is 27.7 Å². The molecule has 0 spiro atoms. The van der Waals surface area contributed by atoms with E-state index in [2.05, 4.69) is 26.2 Å². The lowest BCUT2D eigenvalue weighted by atomic mass is 10.2. The number of methoxy groups -OCH3 is 1. The minimum absolute atomic E-state index is 0.0516. The highest BCUT2D eigenvalue weighted by Gasteiger charge is 2.24. The fraction of sp³-hybridized carbons (Fsp3) is 0.400. The molecule has 0 saturated heterocycles. The lowest BCUT2D eigenvalue weighted by Crippen LogP contribution is -2.08. The summed E-state index contributed by atoms with van der Waals surface area (Å²) in [7, 11) is 1.41. The number of hydrogen-bond acceptors (Lipinski definition) is 4. The van der Waals surface area contributed by atoms with Gasteiger partial charge in [0, 0.05) is 6.04 Å². The van der Waals surface area contributed by atoms with Crippen LogP contribution in [0.5, 0.6) is 5.88 Å². The quantitative estimate of drug-likeness (QED) is 0.887. The number of pyridine rings is 1. The maximum atomic E-state index is 10.9. The van der Waals surface area contributed by atoms with E-state index < -0.39 is 5.97 Å². The Hall–Kier alpha value is -1.30. The van der Waals surface area contributed by atoms with Crippen molar-refractivity contribution < 1.29 is 14.6 Å². The molecule has 0 aliphatic heterocycles. The summed E-state index contributed by atoms with van der Waals surface area (Å²) in [5.41, 5.74) is 0.0516. The number of ether oxygens (including phenoxy) is 1. The summed E-state index contributed by atoms with van der Waals surface area (Å²) < 4.78 is 5.59. The monoisotopic (exact) mass is 286 g/mol. The molecule has 2 rings (SSSR count). The Morgan fingerprint density at radius 3 is 2.88 bits per heavy atom. The minimum Gasteiger partial charge on any atom is -0.480 e. The van der Waals surface area contributed by atoms with E-state index in [0.29, 0.717) is 16.3 Å². The van der Waals surface area contributed by atoms with Crippen LogP contribution in [0.4, 0.5) is 5.82 Å². The molecule has 1 aromatic heterocycles. The molecule has 5 nitrogen and oxygen atoms in total. The molecule has 1 saturated carbocycles. The number of nitrogens with one attached hydrogen (secondary N) is 1. The van der Waals surface area contributed by atoms with Gasteiger partial charge in [0.2, 0.25) is 5.88 Å². The molecule has 0 radical (unpaired) electrons. The zero-order valence-electron chi connectivity index (χ0n) is 8.66. The zero-order valence-corrected chi connectivity index (χ0v) is 10.2. The molecule has 0 aromatic carbocycles. The first-order valence-electron chi connectivity index (χ1n) is 4.86. The van der Waals surface area contributed by atoms with Crippen molar-refractivity contribution in [3.05, 3.63) is 16.1 Å². The smallest absolute Gasteiger partial charge is 0.341 e. The Labute approximate surface area is 101 Å². The van der Waals surface area contributed by atoms with Gasteiger partial charge in [0.1, 0.15) is 11.4 Å². The Bertz CT molecular complexity index is 432. The van der Waals surface area contributed by atoms with E-state index >= 15 is 0 Å². The summed E-state index contributed by atoms with van der Waals surface area (Å²) >= 11 is 3.29. The predicted molar refractivity (Wildman–Crippen MR) is 62.1 cm³/mol. The normalized spacial score (nSPS) is 14.6. The molecule has 1 heterocycles. The maximum Gasteiger partial charge on any atom is 0.341 e. The number of anilines is 1. The molecule has 0 bridgehead atoms. The molecule has 6 heteroatoms. The van der Waals surface area contributed by atoms with Gasteiger partial charge in [-0.2, -0.15) is 4.98 Å². The van der Waals surface area contributed by atoms with E-state index in [1.54, 1.807) is 0 Å². The van der Waals surface area contributed by atoms with E-state index in [1.165, 1.54) is 13.2 Å². The lowest BCUT2D eigenvalue weighted by Gasteiger charge is -2.10. The van der Waals surface area contributed by atoms with Crippen LogP contribution in [-0.2, 0) is 0 Å². The number of aromatic nitrogens is 1. The summed E-state index contributed by atoms with van der Waals surface area (Å²) in [6, 6.07) is 1.95. The van der Waals surface area contributed by atoms with Crippen LogP contribution >= 0.6 is 15.9 Å². The fourth-order valence-corrected chi connectivity index (χ4v) is 1.74. The van der Waals surface area contributed by atoms with Crippen molar-refractivity contribution in [3.8, 4) is 5.88 Å². The number of aromatic carboxylic acids is 1.